The van der Waals surface area contributed by atoms with Crippen LogP contribution in [0.3, 0.4) is 0 Å². The second-order valence-corrected chi connectivity index (χ2v) is 6.49. The molecule has 0 aliphatic carbocycles. The van der Waals surface area contributed by atoms with Crippen molar-refractivity contribution < 1.29 is 19.4 Å². The average Bonchev–Trinajstić information content (AvgIpc) is 3.12. The summed E-state index contributed by atoms with van der Waals surface area (Å²) < 4.78 is 4.75. The van der Waals surface area contributed by atoms with Gasteiger partial charge in [-0.1, -0.05) is 24.3 Å². The Hall–Kier alpha value is -2.70. The van der Waals surface area contributed by atoms with Crippen molar-refractivity contribution in [2.45, 2.75) is 12.0 Å². The van der Waals surface area contributed by atoms with E-state index in [1.165, 1.54) is 7.11 Å². The molecule has 1 heterocycles. The SMILES string of the molecule is COC(=O)c1cccc(-c2cccc(C(=O)NC[C@@]3(O)CCNC3)c2)c1. The molecule has 0 aromatic heterocycles. The summed E-state index contributed by atoms with van der Waals surface area (Å²) in [5, 5.41) is 16.2. The van der Waals surface area contributed by atoms with Crippen LogP contribution in [0.1, 0.15) is 27.1 Å². The maximum absolute atomic E-state index is 12.4. The molecule has 6 nitrogen and oxygen atoms in total. The smallest absolute Gasteiger partial charge is 0.337 e. The third kappa shape index (κ3) is 4.09. The molecule has 0 unspecified atom stereocenters. The van der Waals surface area contributed by atoms with Crippen LogP contribution in [0, 0.1) is 0 Å². The number of esters is 1. The van der Waals surface area contributed by atoms with Crippen LogP contribution in [-0.4, -0.2) is 49.3 Å². The summed E-state index contributed by atoms with van der Waals surface area (Å²) in [7, 11) is 1.34. The van der Waals surface area contributed by atoms with E-state index in [4.69, 9.17) is 4.74 Å². The fourth-order valence-electron chi connectivity index (χ4n) is 3.01. The summed E-state index contributed by atoms with van der Waals surface area (Å²) in [6.45, 7) is 1.44. The second-order valence-electron chi connectivity index (χ2n) is 6.49. The molecule has 26 heavy (non-hydrogen) atoms. The van der Waals surface area contributed by atoms with E-state index in [9.17, 15) is 14.7 Å². The molecule has 3 rings (SSSR count). The maximum Gasteiger partial charge on any atom is 0.337 e. The van der Waals surface area contributed by atoms with E-state index in [0.717, 1.165) is 17.7 Å². The zero-order valence-electron chi connectivity index (χ0n) is 14.6. The van der Waals surface area contributed by atoms with Crippen LogP contribution in [0.5, 0.6) is 0 Å². The largest absolute Gasteiger partial charge is 0.465 e. The lowest BCUT2D eigenvalue weighted by Gasteiger charge is -2.21. The summed E-state index contributed by atoms with van der Waals surface area (Å²) in [5.41, 5.74) is 1.71. The van der Waals surface area contributed by atoms with Crippen LogP contribution in [0.15, 0.2) is 48.5 Å². The predicted molar refractivity (Wildman–Crippen MR) is 98.0 cm³/mol. The van der Waals surface area contributed by atoms with Crippen molar-refractivity contribution in [1.29, 1.82) is 0 Å². The molecule has 1 fully saturated rings. The molecule has 2 aromatic carbocycles. The molecule has 1 saturated heterocycles. The Morgan fingerprint density at radius 3 is 2.42 bits per heavy atom. The van der Waals surface area contributed by atoms with Crippen LogP contribution in [-0.2, 0) is 4.74 Å². The van der Waals surface area contributed by atoms with Gasteiger partial charge in [-0.15, -0.1) is 0 Å². The minimum absolute atomic E-state index is 0.209. The van der Waals surface area contributed by atoms with Gasteiger partial charge in [0, 0.05) is 18.7 Å². The monoisotopic (exact) mass is 354 g/mol. The number of amides is 1. The number of benzene rings is 2. The highest BCUT2D eigenvalue weighted by Gasteiger charge is 2.31. The highest BCUT2D eigenvalue weighted by atomic mass is 16.5. The number of hydrogen-bond acceptors (Lipinski definition) is 5. The topological polar surface area (TPSA) is 87.7 Å². The van der Waals surface area contributed by atoms with Gasteiger partial charge in [0.2, 0.25) is 0 Å². The summed E-state index contributed by atoms with van der Waals surface area (Å²) in [6, 6.07) is 14.2. The van der Waals surface area contributed by atoms with Crippen LogP contribution < -0.4 is 10.6 Å². The van der Waals surface area contributed by atoms with Gasteiger partial charge in [0.1, 0.15) is 0 Å². The molecule has 0 spiro atoms. The lowest BCUT2D eigenvalue weighted by atomic mass is 10.0. The lowest BCUT2D eigenvalue weighted by molar-refractivity contribution is 0.0562. The van der Waals surface area contributed by atoms with Crippen molar-refractivity contribution in [2.24, 2.45) is 0 Å². The number of ether oxygens (including phenoxy) is 1. The maximum atomic E-state index is 12.4. The minimum Gasteiger partial charge on any atom is -0.465 e. The Labute approximate surface area is 152 Å². The molecule has 2 aromatic rings. The number of rotatable bonds is 5. The molecule has 0 radical (unpaired) electrons. The van der Waals surface area contributed by atoms with Crippen molar-refractivity contribution in [3.8, 4) is 11.1 Å². The van der Waals surface area contributed by atoms with Crippen LogP contribution in [0.2, 0.25) is 0 Å². The fourth-order valence-corrected chi connectivity index (χ4v) is 3.01. The summed E-state index contributed by atoms with van der Waals surface area (Å²) in [4.78, 5) is 24.1. The average molecular weight is 354 g/mol. The normalized spacial score (nSPS) is 19.2. The number of carbonyl (C=O) groups is 2. The van der Waals surface area contributed by atoms with E-state index in [2.05, 4.69) is 10.6 Å². The Kier molecular flexibility index (Phi) is 5.35. The number of methoxy groups -OCH3 is 1. The number of β-amino-alcohol motifs (C(OH)–C–C–N with tert-alkyl or cyclic N) is 1. The second kappa shape index (κ2) is 7.68. The zero-order chi connectivity index (χ0) is 18.6. The third-order valence-corrected chi connectivity index (χ3v) is 4.54. The van der Waals surface area contributed by atoms with E-state index in [1.807, 2.05) is 12.1 Å². The fraction of sp³-hybridized carbons (Fsp3) is 0.300. The summed E-state index contributed by atoms with van der Waals surface area (Å²) in [6.07, 6.45) is 0.619. The van der Waals surface area contributed by atoms with Gasteiger partial charge in [-0.2, -0.15) is 0 Å². The molecular weight excluding hydrogens is 332 g/mol. The van der Waals surface area contributed by atoms with Crippen molar-refractivity contribution in [1.82, 2.24) is 10.6 Å². The van der Waals surface area contributed by atoms with Crippen LogP contribution >= 0.6 is 0 Å². The summed E-state index contributed by atoms with van der Waals surface area (Å²) >= 11 is 0. The van der Waals surface area contributed by atoms with Gasteiger partial charge in [0.15, 0.2) is 0 Å². The first-order valence-electron chi connectivity index (χ1n) is 8.51. The molecule has 136 valence electrons. The number of carbonyl (C=O) groups excluding carboxylic acids is 2. The van der Waals surface area contributed by atoms with Crippen LogP contribution in [0.25, 0.3) is 11.1 Å². The molecule has 1 aliphatic heterocycles. The van der Waals surface area contributed by atoms with Gasteiger partial charge in [0.25, 0.3) is 5.91 Å². The standard InChI is InChI=1S/C20H22N2O4/c1-26-19(24)17-7-3-5-15(11-17)14-4-2-6-16(10-14)18(23)22-13-20(25)8-9-21-12-20/h2-7,10-11,21,25H,8-9,12-13H2,1H3,(H,22,23)/t20-/m1/s1. The first kappa shape index (κ1) is 18.1. The Morgan fingerprint density at radius 1 is 1.15 bits per heavy atom. The number of hydrogen-bond donors (Lipinski definition) is 3. The molecule has 1 amide bonds. The Balaban J connectivity index is 1.75. The van der Waals surface area contributed by atoms with Gasteiger partial charge < -0.3 is 20.5 Å². The number of nitrogens with one attached hydrogen (secondary N) is 2. The van der Waals surface area contributed by atoms with Gasteiger partial charge in [-0.05, 0) is 48.4 Å². The molecule has 3 N–H and O–H groups in total. The van der Waals surface area contributed by atoms with Crippen LogP contribution in [0.4, 0.5) is 0 Å². The molecular formula is C20H22N2O4. The van der Waals surface area contributed by atoms with E-state index in [1.54, 1.807) is 36.4 Å². The van der Waals surface area contributed by atoms with Gasteiger partial charge >= 0.3 is 5.97 Å². The highest BCUT2D eigenvalue weighted by Crippen LogP contribution is 2.22. The van der Waals surface area contributed by atoms with Gasteiger partial charge in [-0.25, -0.2) is 4.79 Å². The first-order valence-corrected chi connectivity index (χ1v) is 8.51. The Bertz CT molecular complexity index is 813. The number of aliphatic hydroxyl groups is 1. The van der Waals surface area contributed by atoms with E-state index < -0.39 is 11.6 Å². The van der Waals surface area contributed by atoms with E-state index in [-0.39, 0.29) is 12.5 Å². The Morgan fingerprint density at radius 2 is 1.81 bits per heavy atom. The molecule has 1 aliphatic rings. The van der Waals surface area contributed by atoms with E-state index >= 15 is 0 Å². The van der Waals surface area contributed by atoms with E-state index in [0.29, 0.717) is 24.1 Å². The quantitative estimate of drug-likeness (QED) is 0.710. The zero-order valence-corrected chi connectivity index (χ0v) is 14.6. The van der Waals surface area contributed by atoms with Crippen molar-refractivity contribution in [2.75, 3.05) is 26.7 Å². The van der Waals surface area contributed by atoms with Crippen molar-refractivity contribution in [3.05, 3.63) is 59.7 Å². The third-order valence-electron chi connectivity index (χ3n) is 4.54. The molecule has 0 bridgehead atoms. The molecule has 0 saturated carbocycles. The van der Waals surface area contributed by atoms with Crippen molar-refractivity contribution >= 4 is 11.9 Å². The molecule has 6 heteroatoms. The molecule has 1 atom stereocenters. The van der Waals surface area contributed by atoms with Crippen molar-refractivity contribution in [3.63, 3.8) is 0 Å². The lowest BCUT2D eigenvalue weighted by Crippen LogP contribution is -2.44. The van der Waals surface area contributed by atoms with Gasteiger partial charge in [-0.3, -0.25) is 4.79 Å². The summed E-state index contributed by atoms with van der Waals surface area (Å²) in [5.74, 6) is -0.643. The first-order chi connectivity index (χ1) is 12.5. The predicted octanol–water partition coefficient (Wildman–Crippen LogP) is 1.59. The van der Waals surface area contributed by atoms with Gasteiger partial charge in [0.05, 0.1) is 18.3 Å². The minimum atomic E-state index is -0.887. The highest BCUT2D eigenvalue weighted by molar-refractivity contribution is 5.96.